The molecule has 31 heavy (non-hydrogen) atoms. The van der Waals surface area contributed by atoms with Crippen LogP contribution in [0.3, 0.4) is 0 Å². The van der Waals surface area contributed by atoms with Gasteiger partial charge in [-0.05, 0) is 24.5 Å². The van der Waals surface area contributed by atoms with Crippen molar-refractivity contribution in [1.82, 2.24) is 19.6 Å². The van der Waals surface area contributed by atoms with E-state index in [2.05, 4.69) is 40.3 Å². The van der Waals surface area contributed by atoms with E-state index in [-0.39, 0.29) is 17.0 Å². The van der Waals surface area contributed by atoms with E-state index in [1.807, 2.05) is 4.90 Å². The summed E-state index contributed by atoms with van der Waals surface area (Å²) in [5, 5.41) is 4.32. The summed E-state index contributed by atoms with van der Waals surface area (Å²) >= 11 is 0. The molecule has 1 saturated heterocycles. The van der Waals surface area contributed by atoms with E-state index in [0.29, 0.717) is 25.4 Å². The van der Waals surface area contributed by atoms with Gasteiger partial charge in [-0.25, -0.2) is 4.68 Å². The number of nitrogens with zero attached hydrogens (tertiary/aromatic N) is 4. The third-order valence-electron chi connectivity index (χ3n) is 6.68. The summed E-state index contributed by atoms with van der Waals surface area (Å²) in [6.45, 7) is 3.88. The third kappa shape index (κ3) is 4.88. The van der Waals surface area contributed by atoms with Gasteiger partial charge in [-0.3, -0.25) is 14.5 Å². The molecule has 0 N–H and O–H groups in total. The van der Waals surface area contributed by atoms with Crippen molar-refractivity contribution in [3.05, 3.63) is 64.1 Å². The molecule has 7 nitrogen and oxygen atoms in total. The zero-order valence-electron chi connectivity index (χ0n) is 18.3. The van der Waals surface area contributed by atoms with Crippen LogP contribution >= 0.6 is 0 Å². The van der Waals surface area contributed by atoms with E-state index in [0.717, 1.165) is 32.5 Å². The molecule has 2 aromatic rings. The topological polar surface area (TPSA) is 67.7 Å². The number of aromatic nitrogens is 2. The van der Waals surface area contributed by atoms with Gasteiger partial charge < -0.3 is 9.64 Å². The fraction of sp³-hybridized carbons (Fsp3) is 0.542. The van der Waals surface area contributed by atoms with Crippen LogP contribution < -0.4 is 5.56 Å². The fourth-order valence-corrected chi connectivity index (χ4v) is 4.98. The molecule has 2 fully saturated rings. The first kappa shape index (κ1) is 21.7. The smallest absolute Gasteiger partial charge is 0.274 e. The van der Waals surface area contributed by atoms with Gasteiger partial charge in [0.15, 0.2) is 0 Å². The van der Waals surface area contributed by atoms with Gasteiger partial charge in [0.05, 0.1) is 13.2 Å². The Balaban J connectivity index is 1.53. The normalized spacial score (nSPS) is 18.9. The molecule has 1 aliphatic carbocycles. The molecule has 1 aromatic heterocycles. The molecule has 4 rings (SSSR count). The Morgan fingerprint density at radius 1 is 1.06 bits per heavy atom. The van der Waals surface area contributed by atoms with Crippen molar-refractivity contribution in [3.8, 4) is 0 Å². The predicted octanol–water partition coefficient (Wildman–Crippen LogP) is 2.55. The molecule has 0 bridgehead atoms. The van der Waals surface area contributed by atoms with Gasteiger partial charge in [0.25, 0.3) is 11.5 Å². The highest BCUT2D eigenvalue weighted by Crippen LogP contribution is 2.37. The van der Waals surface area contributed by atoms with Crippen LogP contribution in [0, 0.1) is 0 Å². The van der Waals surface area contributed by atoms with Gasteiger partial charge in [-0.2, -0.15) is 5.10 Å². The average Bonchev–Trinajstić information content (AvgIpc) is 2.81. The molecule has 0 radical (unpaired) electrons. The minimum Gasteiger partial charge on any atom is -0.383 e. The maximum absolute atomic E-state index is 13.3. The molecule has 1 aliphatic heterocycles. The SMILES string of the molecule is COCCn1nc(C(=O)N2CCN(Cc3ccccc3)C3(CCCCC3)C2)ccc1=O. The van der Waals surface area contributed by atoms with E-state index in [9.17, 15) is 9.59 Å². The molecule has 1 amide bonds. The van der Waals surface area contributed by atoms with Crippen LogP contribution in [0.5, 0.6) is 0 Å². The lowest BCUT2D eigenvalue weighted by Gasteiger charge is -2.53. The lowest BCUT2D eigenvalue weighted by atomic mass is 9.78. The van der Waals surface area contributed by atoms with Crippen LogP contribution in [0.25, 0.3) is 0 Å². The summed E-state index contributed by atoms with van der Waals surface area (Å²) in [6.07, 6.45) is 5.90. The summed E-state index contributed by atoms with van der Waals surface area (Å²) in [5.41, 5.74) is 1.45. The molecule has 1 aromatic carbocycles. The summed E-state index contributed by atoms with van der Waals surface area (Å²) in [6, 6.07) is 13.6. The third-order valence-corrected chi connectivity index (χ3v) is 6.68. The summed E-state index contributed by atoms with van der Waals surface area (Å²) in [7, 11) is 1.58. The first-order valence-corrected chi connectivity index (χ1v) is 11.3. The second-order valence-electron chi connectivity index (χ2n) is 8.69. The predicted molar refractivity (Wildman–Crippen MR) is 119 cm³/mol. The zero-order valence-corrected chi connectivity index (χ0v) is 18.3. The second kappa shape index (κ2) is 9.75. The summed E-state index contributed by atoms with van der Waals surface area (Å²) in [5.74, 6) is -0.0875. The van der Waals surface area contributed by atoms with E-state index in [1.54, 1.807) is 13.2 Å². The number of carbonyl (C=O) groups is 1. The number of amides is 1. The van der Waals surface area contributed by atoms with Crippen molar-refractivity contribution in [2.45, 2.75) is 50.7 Å². The van der Waals surface area contributed by atoms with Crippen molar-refractivity contribution >= 4 is 5.91 Å². The number of piperazine rings is 1. The summed E-state index contributed by atoms with van der Waals surface area (Å²) < 4.78 is 6.37. The Labute approximate surface area is 183 Å². The Morgan fingerprint density at radius 3 is 2.58 bits per heavy atom. The fourth-order valence-electron chi connectivity index (χ4n) is 4.98. The van der Waals surface area contributed by atoms with Crippen molar-refractivity contribution in [2.75, 3.05) is 33.4 Å². The number of ether oxygens (including phenoxy) is 1. The Hall–Kier alpha value is -2.51. The number of methoxy groups -OCH3 is 1. The highest BCUT2D eigenvalue weighted by Gasteiger charge is 2.43. The van der Waals surface area contributed by atoms with Gasteiger partial charge in [0.1, 0.15) is 5.69 Å². The van der Waals surface area contributed by atoms with Crippen LogP contribution in [0.2, 0.25) is 0 Å². The van der Waals surface area contributed by atoms with Crippen LogP contribution in [-0.2, 0) is 17.8 Å². The highest BCUT2D eigenvalue weighted by atomic mass is 16.5. The molecule has 166 valence electrons. The minimum absolute atomic E-state index is 0.0203. The van der Waals surface area contributed by atoms with Crippen LogP contribution in [0.15, 0.2) is 47.3 Å². The van der Waals surface area contributed by atoms with Gasteiger partial charge in [-0.1, -0.05) is 49.6 Å². The molecule has 2 aliphatic rings. The molecular formula is C24H32N4O3. The van der Waals surface area contributed by atoms with Crippen LogP contribution in [0.4, 0.5) is 0 Å². The molecule has 1 saturated carbocycles. The second-order valence-corrected chi connectivity index (χ2v) is 8.69. The molecular weight excluding hydrogens is 392 g/mol. The average molecular weight is 425 g/mol. The van der Waals surface area contributed by atoms with Gasteiger partial charge in [0, 0.05) is 44.9 Å². The van der Waals surface area contributed by atoms with Gasteiger partial charge in [-0.15, -0.1) is 0 Å². The molecule has 0 unspecified atom stereocenters. The Kier molecular flexibility index (Phi) is 6.83. The van der Waals surface area contributed by atoms with E-state index in [1.165, 1.54) is 35.6 Å². The number of rotatable bonds is 6. The highest BCUT2D eigenvalue weighted by molar-refractivity contribution is 5.92. The van der Waals surface area contributed by atoms with E-state index < -0.39 is 0 Å². The first-order valence-electron chi connectivity index (χ1n) is 11.3. The van der Waals surface area contributed by atoms with Crippen molar-refractivity contribution in [2.24, 2.45) is 0 Å². The number of hydrogen-bond donors (Lipinski definition) is 0. The maximum Gasteiger partial charge on any atom is 0.274 e. The van der Waals surface area contributed by atoms with Crippen molar-refractivity contribution in [1.29, 1.82) is 0 Å². The first-order chi connectivity index (χ1) is 15.1. The summed E-state index contributed by atoms with van der Waals surface area (Å²) in [4.78, 5) is 29.9. The van der Waals surface area contributed by atoms with Crippen LogP contribution in [-0.4, -0.2) is 64.4 Å². The Morgan fingerprint density at radius 2 is 1.84 bits per heavy atom. The van der Waals surface area contributed by atoms with Gasteiger partial charge in [0.2, 0.25) is 0 Å². The quantitative estimate of drug-likeness (QED) is 0.713. The van der Waals surface area contributed by atoms with E-state index >= 15 is 0 Å². The minimum atomic E-state index is -0.218. The lowest BCUT2D eigenvalue weighted by molar-refractivity contribution is -0.0255. The molecule has 0 atom stereocenters. The largest absolute Gasteiger partial charge is 0.383 e. The molecule has 7 heteroatoms. The molecule has 1 spiro atoms. The number of benzene rings is 1. The molecule has 2 heterocycles. The maximum atomic E-state index is 13.3. The lowest BCUT2D eigenvalue weighted by Crippen LogP contribution is -2.63. The monoisotopic (exact) mass is 424 g/mol. The van der Waals surface area contributed by atoms with Crippen molar-refractivity contribution in [3.63, 3.8) is 0 Å². The Bertz CT molecular complexity index is 937. The van der Waals surface area contributed by atoms with Crippen molar-refractivity contribution < 1.29 is 9.53 Å². The standard InChI is InChI=1S/C24H32N4O3/c1-31-17-16-28-22(29)11-10-21(25-28)23(30)26-14-15-27(18-20-8-4-2-5-9-20)24(19-26)12-6-3-7-13-24/h2,4-5,8-11H,3,6-7,12-19H2,1H3. The van der Waals surface area contributed by atoms with E-state index in [4.69, 9.17) is 4.74 Å². The number of carbonyl (C=O) groups excluding carboxylic acids is 1. The van der Waals surface area contributed by atoms with Crippen LogP contribution in [0.1, 0.15) is 48.2 Å². The zero-order chi connectivity index (χ0) is 21.7. The number of hydrogen-bond acceptors (Lipinski definition) is 5. The van der Waals surface area contributed by atoms with Gasteiger partial charge >= 0.3 is 0 Å².